The zero-order valence-electron chi connectivity index (χ0n) is 17.1. The van der Waals surface area contributed by atoms with Crippen LogP contribution in [0.15, 0.2) is 53.9 Å². The van der Waals surface area contributed by atoms with Crippen LogP contribution in [0, 0.1) is 5.82 Å². The quantitative estimate of drug-likeness (QED) is 0.480. The van der Waals surface area contributed by atoms with E-state index in [1.165, 1.54) is 55.2 Å². The highest BCUT2D eigenvalue weighted by Crippen LogP contribution is 2.31. The van der Waals surface area contributed by atoms with Gasteiger partial charge in [0.2, 0.25) is 17.7 Å². The molecule has 0 bridgehead atoms. The second kappa shape index (κ2) is 10.2. The zero-order valence-corrected chi connectivity index (χ0v) is 18.6. The third-order valence-corrected chi connectivity index (χ3v) is 5.22. The lowest BCUT2D eigenvalue weighted by Gasteiger charge is -2.18. The van der Waals surface area contributed by atoms with Crippen molar-refractivity contribution in [2.45, 2.75) is 13.8 Å². The summed E-state index contributed by atoms with van der Waals surface area (Å²) in [4.78, 5) is 40.9. The van der Waals surface area contributed by atoms with E-state index in [1.807, 2.05) is 0 Å². The molecule has 0 aliphatic heterocycles. The number of benzene rings is 2. The normalized spacial score (nSPS) is 10.8. The number of halogens is 2. The van der Waals surface area contributed by atoms with Gasteiger partial charge in [-0.1, -0.05) is 23.7 Å². The molecule has 0 saturated carbocycles. The summed E-state index contributed by atoms with van der Waals surface area (Å²) in [5.74, 6) is -1.62. The van der Waals surface area contributed by atoms with Crippen molar-refractivity contribution in [2.75, 3.05) is 15.5 Å². The highest BCUT2D eigenvalue weighted by atomic mass is 35.5. The lowest BCUT2D eigenvalue weighted by atomic mass is 10.2. The Morgan fingerprint density at radius 2 is 1.88 bits per heavy atom. The Labute approximate surface area is 192 Å². The minimum Gasteiger partial charge on any atom is -0.325 e. The molecule has 0 radical (unpaired) electrons. The maximum atomic E-state index is 14.2. The van der Waals surface area contributed by atoms with Gasteiger partial charge in [0, 0.05) is 31.0 Å². The topological polar surface area (TPSA) is 91.4 Å². The van der Waals surface area contributed by atoms with Gasteiger partial charge in [0.05, 0.1) is 22.1 Å². The molecule has 3 rings (SSSR count). The number of nitrogens with zero attached hydrogens (tertiary/aromatic N) is 2. The number of nitrogens with one attached hydrogen (secondary N) is 2. The first kappa shape index (κ1) is 23.1. The van der Waals surface area contributed by atoms with Crippen molar-refractivity contribution in [3.63, 3.8) is 0 Å². The molecule has 3 aromatic rings. The standard InChI is InChI=1S/C22H18ClFN4O3S/c1-13(29)25-19-9-7-15(11-17(19)23)26-21(31)10-8-16-12-32-22(27-16)28(14(2)30)20-6-4-3-5-18(20)24/h3-12H,1-2H3,(H,25,29)(H,26,31)/b10-8+. The molecular weight excluding hydrogens is 455 g/mol. The Kier molecular flexibility index (Phi) is 7.34. The Hall–Kier alpha value is -3.56. The van der Waals surface area contributed by atoms with Crippen molar-refractivity contribution < 1.29 is 18.8 Å². The third kappa shape index (κ3) is 5.77. The van der Waals surface area contributed by atoms with E-state index >= 15 is 0 Å². The van der Waals surface area contributed by atoms with E-state index in [1.54, 1.807) is 23.6 Å². The molecule has 7 nitrogen and oxygen atoms in total. The highest BCUT2D eigenvalue weighted by Gasteiger charge is 2.20. The molecular formula is C22H18ClFN4O3S. The van der Waals surface area contributed by atoms with E-state index in [4.69, 9.17) is 11.6 Å². The van der Waals surface area contributed by atoms with Crippen LogP contribution in [0.2, 0.25) is 5.02 Å². The summed E-state index contributed by atoms with van der Waals surface area (Å²) in [7, 11) is 0. The van der Waals surface area contributed by atoms with Gasteiger partial charge in [-0.05, 0) is 36.4 Å². The molecule has 2 aromatic carbocycles. The van der Waals surface area contributed by atoms with E-state index in [9.17, 15) is 18.8 Å². The number of amides is 3. The second-order valence-corrected chi connectivity index (χ2v) is 7.80. The number of thiazole rings is 1. The van der Waals surface area contributed by atoms with Gasteiger partial charge in [0.25, 0.3) is 0 Å². The second-order valence-electron chi connectivity index (χ2n) is 6.56. The van der Waals surface area contributed by atoms with Gasteiger partial charge < -0.3 is 10.6 Å². The van der Waals surface area contributed by atoms with Gasteiger partial charge in [-0.25, -0.2) is 9.37 Å². The summed E-state index contributed by atoms with van der Waals surface area (Å²) in [5, 5.41) is 7.44. The van der Waals surface area contributed by atoms with Gasteiger partial charge >= 0.3 is 0 Å². The summed E-state index contributed by atoms with van der Waals surface area (Å²) in [5.41, 5.74) is 1.41. The number of rotatable bonds is 6. The number of hydrogen-bond acceptors (Lipinski definition) is 5. The monoisotopic (exact) mass is 472 g/mol. The average molecular weight is 473 g/mol. The van der Waals surface area contributed by atoms with Crippen LogP contribution in [0.3, 0.4) is 0 Å². The van der Waals surface area contributed by atoms with E-state index in [0.717, 1.165) is 11.3 Å². The fourth-order valence-corrected chi connectivity index (χ4v) is 3.80. The van der Waals surface area contributed by atoms with Crippen LogP contribution in [-0.4, -0.2) is 22.7 Å². The minimum atomic E-state index is -0.544. The molecule has 0 atom stereocenters. The Balaban J connectivity index is 1.70. The van der Waals surface area contributed by atoms with Crippen molar-refractivity contribution in [2.24, 2.45) is 0 Å². The fourth-order valence-electron chi connectivity index (χ4n) is 2.72. The molecule has 2 N–H and O–H groups in total. The molecule has 1 heterocycles. The van der Waals surface area contributed by atoms with Crippen LogP contribution < -0.4 is 15.5 Å². The summed E-state index contributed by atoms with van der Waals surface area (Å²) < 4.78 is 14.2. The zero-order chi connectivity index (χ0) is 23.3. The molecule has 1 aromatic heterocycles. The van der Waals surface area contributed by atoms with Crippen LogP contribution in [0.25, 0.3) is 6.08 Å². The summed E-state index contributed by atoms with van der Waals surface area (Å²) >= 11 is 7.24. The fraction of sp³-hybridized carbons (Fsp3) is 0.0909. The minimum absolute atomic E-state index is 0.0993. The SMILES string of the molecule is CC(=O)Nc1ccc(NC(=O)/C=C/c2csc(N(C(C)=O)c3ccccc3F)n2)cc1Cl. The maximum absolute atomic E-state index is 14.2. The van der Waals surface area contributed by atoms with E-state index in [2.05, 4.69) is 15.6 Å². The van der Waals surface area contributed by atoms with Crippen molar-refractivity contribution >= 4 is 68.9 Å². The lowest BCUT2D eigenvalue weighted by Crippen LogP contribution is -2.23. The van der Waals surface area contributed by atoms with Gasteiger partial charge in [-0.15, -0.1) is 11.3 Å². The highest BCUT2D eigenvalue weighted by molar-refractivity contribution is 7.14. The summed E-state index contributed by atoms with van der Waals surface area (Å²) in [6.07, 6.45) is 2.75. The number of carbonyl (C=O) groups is 3. The molecule has 0 fully saturated rings. The first-order chi connectivity index (χ1) is 15.2. The summed E-state index contributed by atoms with van der Waals surface area (Å²) in [6.45, 7) is 2.69. The summed E-state index contributed by atoms with van der Waals surface area (Å²) in [6, 6.07) is 10.6. The molecule has 3 amide bonds. The largest absolute Gasteiger partial charge is 0.325 e. The van der Waals surface area contributed by atoms with Crippen LogP contribution in [0.5, 0.6) is 0 Å². The Morgan fingerprint density at radius 3 is 2.53 bits per heavy atom. The molecule has 0 aliphatic rings. The van der Waals surface area contributed by atoms with Gasteiger partial charge in [-0.2, -0.15) is 0 Å². The van der Waals surface area contributed by atoms with Crippen LogP contribution in [0.1, 0.15) is 19.5 Å². The van der Waals surface area contributed by atoms with Crippen LogP contribution >= 0.6 is 22.9 Å². The first-order valence-electron chi connectivity index (χ1n) is 9.31. The smallest absolute Gasteiger partial charge is 0.248 e. The van der Waals surface area contributed by atoms with Gasteiger partial charge in [0.15, 0.2) is 5.13 Å². The maximum Gasteiger partial charge on any atom is 0.248 e. The van der Waals surface area contributed by atoms with Gasteiger partial charge in [0.1, 0.15) is 5.82 Å². The number of aromatic nitrogens is 1. The molecule has 164 valence electrons. The van der Waals surface area contributed by atoms with E-state index < -0.39 is 17.6 Å². The average Bonchev–Trinajstić information content (AvgIpc) is 3.18. The molecule has 0 unspecified atom stereocenters. The van der Waals surface area contributed by atoms with E-state index in [0.29, 0.717) is 17.1 Å². The lowest BCUT2D eigenvalue weighted by molar-refractivity contribution is -0.116. The number of hydrogen-bond donors (Lipinski definition) is 2. The number of carbonyl (C=O) groups excluding carboxylic acids is 3. The Bertz CT molecular complexity index is 1210. The number of para-hydroxylation sites is 1. The predicted octanol–water partition coefficient (Wildman–Crippen LogP) is 5.23. The van der Waals surface area contributed by atoms with Crippen molar-refractivity contribution in [3.05, 3.63) is 70.5 Å². The van der Waals surface area contributed by atoms with Crippen molar-refractivity contribution in [1.82, 2.24) is 4.98 Å². The number of anilines is 4. The first-order valence-corrected chi connectivity index (χ1v) is 10.6. The third-order valence-electron chi connectivity index (χ3n) is 4.06. The molecule has 0 saturated heterocycles. The predicted molar refractivity (Wildman–Crippen MR) is 125 cm³/mol. The van der Waals surface area contributed by atoms with Gasteiger partial charge in [-0.3, -0.25) is 19.3 Å². The Morgan fingerprint density at radius 1 is 1.12 bits per heavy atom. The van der Waals surface area contributed by atoms with Crippen LogP contribution in [0.4, 0.5) is 26.6 Å². The molecule has 0 aliphatic carbocycles. The van der Waals surface area contributed by atoms with E-state index in [-0.39, 0.29) is 21.7 Å². The van der Waals surface area contributed by atoms with Crippen molar-refractivity contribution in [1.29, 1.82) is 0 Å². The molecule has 10 heteroatoms. The molecule has 0 spiro atoms. The van der Waals surface area contributed by atoms with Crippen LogP contribution in [-0.2, 0) is 14.4 Å². The molecule has 32 heavy (non-hydrogen) atoms. The van der Waals surface area contributed by atoms with Crippen molar-refractivity contribution in [3.8, 4) is 0 Å².